The van der Waals surface area contributed by atoms with Gasteiger partial charge in [0, 0.05) is 31.0 Å². The van der Waals surface area contributed by atoms with E-state index < -0.39 is 0 Å². The minimum atomic E-state index is 0.0230. The normalized spacial score (nSPS) is 16.9. The smallest absolute Gasteiger partial charge is 0.259 e. The molecule has 0 saturated carbocycles. The van der Waals surface area contributed by atoms with Gasteiger partial charge in [-0.3, -0.25) is 9.78 Å². The average molecular weight is 432 g/mol. The van der Waals surface area contributed by atoms with E-state index in [2.05, 4.69) is 55.2 Å². The zero-order valence-electron chi connectivity index (χ0n) is 19.6. The topological polar surface area (TPSA) is 59.2 Å². The Bertz CT molecular complexity index is 1050. The van der Waals surface area contributed by atoms with Gasteiger partial charge in [-0.2, -0.15) is 0 Å². The highest BCUT2D eigenvalue weighted by Crippen LogP contribution is 2.30. The Hall–Kier alpha value is -2.95. The van der Waals surface area contributed by atoms with Crippen LogP contribution in [0.5, 0.6) is 0 Å². The number of carbonyl (C=O) groups is 1. The van der Waals surface area contributed by atoms with E-state index >= 15 is 0 Å². The maximum atomic E-state index is 13.4. The van der Waals surface area contributed by atoms with Gasteiger partial charge in [-0.05, 0) is 67.2 Å². The van der Waals surface area contributed by atoms with E-state index in [1.807, 2.05) is 24.0 Å². The summed E-state index contributed by atoms with van der Waals surface area (Å²) in [5.74, 6) is 1.07. The van der Waals surface area contributed by atoms with Crippen LogP contribution in [0.1, 0.15) is 67.2 Å². The number of pyridine rings is 1. The molecule has 3 heterocycles. The summed E-state index contributed by atoms with van der Waals surface area (Å²) in [6.07, 6.45) is 7.75. The summed E-state index contributed by atoms with van der Waals surface area (Å²) in [5.41, 5.74) is 4.97. The third-order valence-electron chi connectivity index (χ3n) is 6.49. The fraction of sp³-hybridized carbons (Fsp3) is 0.444. The van der Waals surface area contributed by atoms with Gasteiger partial charge in [0.05, 0.1) is 5.69 Å². The van der Waals surface area contributed by atoms with Crippen molar-refractivity contribution < 1.29 is 9.32 Å². The maximum absolute atomic E-state index is 13.4. The number of rotatable bonds is 5. The molecular weight excluding hydrogens is 398 g/mol. The van der Waals surface area contributed by atoms with E-state index in [1.165, 1.54) is 17.5 Å². The predicted octanol–water partition coefficient (Wildman–Crippen LogP) is 5.83. The summed E-state index contributed by atoms with van der Waals surface area (Å²) in [4.78, 5) is 19.5. The summed E-state index contributed by atoms with van der Waals surface area (Å²) in [7, 11) is 0. The molecule has 0 N–H and O–H groups in total. The first kappa shape index (κ1) is 22.3. The fourth-order valence-electron chi connectivity index (χ4n) is 4.51. The number of hydrogen-bond acceptors (Lipinski definition) is 4. The van der Waals surface area contributed by atoms with Crippen LogP contribution in [-0.4, -0.2) is 34.0 Å². The highest BCUT2D eigenvalue weighted by Gasteiger charge is 2.30. The Kier molecular flexibility index (Phi) is 6.45. The van der Waals surface area contributed by atoms with Gasteiger partial charge in [-0.15, -0.1) is 0 Å². The van der Waals surface area contributed by atoms with E-state index in [-0.39, 0.29) is 11.3 Å². The lowest BCUT2D eigenvalue weighted by atomic mass is 9.86. The van der Waals surface area contributed by atoms with Gasteiger partial charge in [-0.1, -0.05) is 50.2 Å². The van der Waals surface area contributed by atoms with E-state index in [1.54, 1.807) is 12.4 Å². The van der Waals surface area contributed by atoms with Crippen molar-refractivity contribution in [1.82, 2.24) is 15.0 Å². The second-order valence-electron chi connectivity index (χ2n) is 9.95. The third kappa shape index (κ3) is 4.93. The van der Waals surface area contributed by atoms with Crippen LogP contribution in [-0.2, 0) is 11.8 Å². The molecule has 4 rings (SSSR count). The molecule has 0 spiro atoms. The van der Waals surface area contributed by atoms with Gasteiger partial charge >= 0.3 is 0 Å². The van der Waals surface area contributed by atoms with Crippen molar-refractivity contribution in [3.63, 3.8) is 0 Å². The van der Waals surface area contributed by atoms with Gasteiger partial charge in [0.1, 0.15) is 5.56 Å². The van der Waals surface area contributed by atoms with Gasteiger partial charge in [0.15, 0.2) is 5.76 Å². The highest BCUT2D eigenvalue weighted by molar-refractivity contribution is 6.00. The SMILES string of the molecule is Cc1noc(-c2ccncc2)c1C(=O)N1CCC[C@@H](CCc2ccc(C(C)(C)C)cc2)C1. The van der Waals surface area contributed by atoms with E-state index in [0.29, 0.717) is 22.9 Å². The van der Waals surface area contributed by atoms with Crippen LogP contribution in [0, 0.1) is 12.8 Å². The minimum absolute atomic E-state index is 0.0230. The fourth-order valence-corrected chi connectivity index (χ4v) is 4.51. The number of likely N-dealkylation sites (tertiary alicyclic amines) is 1. The van der Waals surface area contributed by atoms with Crippen LogP contribution in [0.2, 0.25) is 0 Å². The molecule has 3 aromatic rings. The second kappa shape index (κ2) is 9.27. The minimum Gasteiger partial charge on any atom is -0.355 e. The van der Waals surface area contributed by atoms with Crippen molar-refractivity contribution in [2.45, 2.75) is 58.8 Å². The number of benzene rings is 1. The standard InChI is InChI=1S/C27H33N3O2/c1-19-24(25(32-29-19)22-13-15-28-16-14-22)26(31)30-17-5-6-21(18-30)8-7-20-9-11-23(12-10-20)27(2,3)4/h9-16,21H,5-8,17-18H2,1-4H3/t21-/m0/s1. The van der Waals surface area contributed by atoms with Gasteiger partial charge in [-0.25, -0.2) is 0 Å². The molecule has 2 aromatic heterocycles. The first-order valence-corrected chi connectivity index (χ1v) is 11.6. The monoisotopic (exact) mass is 431 g/mol. The number of amides is 1. The lowest BCUT2D eigenvalue weighted by Crippen LogP contribution is -2.40. The molecule has 1 amide bonds. The third-order valence-corrected chi connectivity index (χ3v) is 6.49. The van der Waals surface area contributed by atoms with Crippen molar-refractivity contribution in [2.24, 2.45) is 5.92 Å². The second-order valence-corrected chi connectivity index (χ2v) is 9.95. The van der Waals surface area contributed by atoms with Crippen molar-refractivity contribution in [3.8, 4) is 11.3 Å². The van der Waals surface area contributed by atoms with Crippen molar-refractivity contribution in [2.75, 3.05) is 13.1 Å². The molecule has 1 fully saturated rings. The van der Waals surface area contributed by atoms with Crippen LogP contribution in [0.15, 0.2) is 53.3 Å². The van der Waals surface area contributed by atoms with Crippen molar-refractivity contribution in [3.05, 3.63) is 71.2 Å². The summed E-state index contributed by atoms with van der Waals surface area (Å²) < 4.78 is 5.53. The molecule has 1 aliphatic heterocycles. The molecule has 0 bridgehead atoms. The molecule has 1 atom stereocenters. The van der Waals surface area contributed by atoms with Crippen LogP contribution in [0.3, 0.4) is 0 Å². The first-order chi connectivity index (χ1) is 15.3. The molecule has 5 heteroatoms. The molecule has 5 nitrogen and oxygen atoms in total. The Balaban J connectivity index is 1.41. The van der Waals surface area contributed by atoms with Gasteiger partial charge in [0.25, 0.3) is 5.91 Å². The van der Waals surface area contributed by atoms with E-state index in [4.69, 9.17) is 4.52 Å². The lowest BCUT2D eigenvalue weighted by molar-refractivity contribution is 0.0668. The molecule has 1 aromatic carbocycles. The Morgan fingerprint density at radius 2 is 1.84 bits per heavy atom. The number of aromatic nitrogens is 2. The predicted molar refractivity (Wildman–Crippen MR) is 127 cm³/mol. The summed E-state index contributed by atoms with van der Waals surface area (Å²) >= 11 is 0. The largest absolute Gasteiger partial charge is 0.355 e. The summed E-state index contributed by atoms with van der Waals surface area (Å²) in [5, 5.41) is 4.09. The number of hydrogen-bond donors (Lipinski definition) is 0. The van der Waals surface area contributed by atoms with Crippen LogP contribution in [0.25, 0.3) is 11.3 Å². The Morgan fingerprint density at radius 1 is 1.12 bits per heavy atom. The lowest BCUT2D eigenvalue weighted by Gasteiger charge is -2.33. The molecule has 0 unspecified atom stereocenters. The maximum Gasteiger partial charge on any atom is 0.259 e. The number of aryl methyl sites for hydroxylation is 2. The molecule has 1 aliphatic rings. The molecule has 32 heavy (non-hydrogen) atoms. The Morgan fingerprint density at radius 3 is 2.53 bits per heavy atom. The summed E-state index contributed by atoms with van der Waals surface area (Å²) in [6.45, 7) is 10.1. The zero-order chi connectivity index (χ0) is 22.7. The van der Waals surface area contributed by atoms with Crippen LogP contribution < -0.4 is 0 Å². The van der Waals surface area contributed by atoms with Crippen molar-refractivity contribution >= 4 is 5.91 Å². The van der Waals surface area contributed by atoms with Gasteiger partial charge in [0.2, 0.25) is 0 Å². The molecular formula is C27H33N3O2. The summed E-state index contributed by atoms with van der Waals surface area (Å²) in [6, 6.07) is 12.7. The van der Waals surface area contributed by atoms with E-state index in [9.17, 15) is 4.79 Å². The molecule has 1 saturated heterocycles. The quantitative estimate of drug-likeness (QED) is 0.510. The molecule has 0 aliphatic carbocycles. The molecule has 168 valence electrons. The van der Waals surface area contributed by atoms with E-state index in [0.717, 1.165) is 37.9 Å². The van der Waals surface area contributed by atoms with Crippen LogP contribution >= 0.6 is 0 Å². The first-order valence-electron chi connectivity index (χ1n) is 11.6. The number of carbonyl (C=O) groups excluding carboxylic acids is 1. The van der Waals surface area contributed by atoms with Crippen LogP contribution in [0.4, 0.5) is 0 Å². The Labute approximate surface area is 190 Å². The number of nitrogens with zero attached hydrogens (tertiary/aromatic N) is 3. The average Bonchev–Trinajstić information content (AvgIpc) is 3.19. The highest BCUT2D eigenvalue weighted by atomic mass is 16.5. The zero-order valence-corrected chi connectivity index (χ0v) is 19.6. The van der Waals surface area contributed by atoms with Crippen molar-refractivity contribution in [1.29, 1.82) is 0 Å². The van der Waals surface area contributed by atoms with Gasteiger partial charge < -0.3 is 9.42 Å². The molecule has 0 radical (unpaired) electrons. The number of piperidine rings is 1.